The van der Waals surface area contributed by atoms with E-state index >= 15 is 0 Å². The molecule has 0 saturated carbocycles. The van der Waals surface area contributed by atoms with Gasteiger partial charge in [0.15, 0.2) is 11.5 Å². The summed E-state index contributed by atoms with van der Waals surface area (Å²) in [5.41, 5.74) is 0.339. The van der Waals surface area contributed by atoms with Crippen molar-refractivity contribution >= 4 is 5.97 Å². The van der Waals surface area contributed by atoms with E-state index in [9.17, 15) is 4.79 Å². The van der Waals surface area contributed by atoms with Crippen LogP contribution < -0.4 is 0 Å². The Labute approximate surface area is 97.5 Å². The van der Waals surface area contributed by atoms with E-state index in [2.05, 4.69) is 20.2 Å². The molecule has 0 unspecified atom stereocenters. The number of aromatic nitrogens is 5. The van der Waals surface area contributed by atoms with Gasteiger partial charge in [-0.05, 0) is 20.8 Å². The Morgan fingerprint density at radius 1 is 1.47 bits per heavy atom. The molecule has 0 aliphatic rings. The maximum absolute atomic E-state index is 11.0. The number of aryl methyl sites for hydroxylation is 1. The number of carboxylic acid groups (broad SMARTS) is 1. The summed E-state index contributed by atoms with van der Waals surface area (Å²) in [6, 6.07) is 0.137. The highest BCUT2D eigenvalue weighted by molar-refractivity contribution is 5.91. The molecule has 90 valence electrons. The summed E-state index contributed by atoms with van der Waals surface area (Å²) < 4.78 is 1.85. The number of hydrogen-bond acceptors (Lipinski definition) is 4. The minimum Gasteiger partial charge on any atom is -0.477 e. The van der Waals surface area contributed by atoms with Gasteiger partial charge < -0.3 is 14.7 Å². The van der Waals surface area contributed by atoms with Crippen molar-refractivity contribution in [2.24, 2.45) is 0 Å². The van der Waals surface area contributed by atoms with E-state index in [-0.39, 0.29) is 11.7 Å². The van der Waals surface area contributed by atoms with Gasteiger partial charge in [-0.15, -0.1) is 10.2 Å². The predicted octanol–water partition coefficient (Wildman–Crippen LogP) is 1.26. The number of imidazole rings is 1. The number of hydrogen-bond donors (Lipinski definition) is 2. The van der Waals surface area contributed by atoms with Crippen molar-refractivity contribution in [3.63, 3.8) is 0 Å². The van der Waals surface area contributed by atoms with Gasteiger partial charge in [0.05, 0.1) is 6.33 Å². The van der Waals surface area contributed by atoms with E-state index in [0.29, 0.717) is 11.5 Å². The average Bonchev–Trinajstić information content (AvgIpc) is 2.82. The second-order valence-corrected chi connectivity index (χ2v) is 3.97. The second-order valence-electron chi connectivity index (χ2n) is 3.97. The van der Waals surface area contributed by atoms with Crippen molar-refractivity contribution in [1.29, 1.82) is 0 Å². The van der Waals surface area contributed by atoms with E-state index in [4.69, 9.17) is 5.11 Å². The van der Waals surface area contributed by atoms with Crippen molar-refractivity contribution in [3.8, 4) is 11.5 Å². The summed E-state index contributed by atoms with van der Waals surface area (Å²) in [5, 5.41) is 17.0. The first-order chi connectivity index (χ1) is 8.02. The van der Waals surface area contributed by atoms with Crippen molar-refractivity contribution in [1.82, 2.24) is 24.7 Å². The van der Waals surface area contributed by atoms with Gasteiger partial charge in [-0.25, -0.2) is 9.78 Å². The molecule has 7 nitrogen and oxygen atoms in total. The molecule has 2 aromatic heterocycles. The highest BCUT2D eigenvalue weighted by Gasteiger charge is 2.21. The van der Waals surface area contributed by atoms with Gasteiger partial charge in [-0.3, -0.25) is 0 Å². The van der Waals surface area contributed by atoms with E-state index in [0.717, 1.165) is 5.82 Å². The highest BCUT2D eigenvalue weighted by atomic mass is 16.4. The zero-order valence-corrected chi connectivity index (χ0v) is 9.80. The van der Waals surface area contributed by atoms with Crippen LogP contribution in [0, 0.1) is 6.92 Å². The minimum atomic E-state index is -1.06. The number of nitrogens with zero attached hydrogens (tertiary/aromatic N) is 4. The molecule has 0 fully saturated rings. The zero-order valence-electron chi connectivity index (χ0n) is 9.80. The van der Waals surface area contributed by atoms with Crippen LogP contribution in [-0.2, 0) is 0 Å². The first kappa shape index (κ1) is 11.3. The first-order valence-corrected chi connectivity index (χ1v) is 5.21. The Hall–Kier alpha value is -2.18. The Morgan fingerprint density at radius 2 is 2.18 bits per heavy atom. The number of carboxylic acids is 1. The van der Waals surface area contributed by atoms with Gasteiger partial charge in [0, 0.05) is 6.04 Å². The maximum atomic E-state index is 11.0. The maximum Gasteiger partial charge on any atom is 0.354 e. The standard InChI is InChI=1S/C10H13N5O2/c1-5(2)15-6(3)13-14-9(15)7-8(10(16)17)12-4-11-7/h4-5H,1-3H3,(H,11,12)(H,16,17). The lowest BCUT2D eigenvalue weighted by molar-refractivity contribution is 0.0692. The molecular formula is C10H13N5O2. The summed E-state index contributed by atoms with van der Waals surface area (Å²) >= 11 is 0. The molecule has 0 saturated heterocycles. The molecule has 0 bridgehead atoms. The third kappa shape index (κ3) is 1.79. The molecule has 17 heavy (non-hydrogen) atoms. The summed E-state index contributed by atoms with van der Waals surface area (Å²) in [5.74, 6) is 0.138. The Bertz CT molecular complexity index is 555. The van der Waals surface area contributed by atoms with Gasteiger partial charge in [0.2, 0.25) is 0 Å². The van der Waals surface area contributed by atoms with Crippen molar-refractivity contribution in [2.45, 2.75) is 26.8 Å². The van der Waals surface area contributed by atoms with E-state index < -0.39 is 5.97 Å². The van der Waals surface area contributed by atoms with Crippen LogP contribution >= 0.6 is 0 Å². The lowest BCUT2D eigenvalue weighted by Gasteiger charge is -2.11. The van der Waals surface area contributed by atoms with Crippen LogP contribution in [0.3, 0.4) is 0 Å². The molecule has 7 heteroatoms. The normalized spacial score (nSPS) is 11.1. The van der Waals surface area contributed by atoms with E-state index in [1.165, 1.54) is 6.33 Å². The zero-order chi connectivity index (χ0) is 12.6. The molecule has 0 atom stereocenters. The summed E-state index contributed by atoms with van der Waals surface area (Å²) in [7, 11) is 0. The van der Waals surface area contributed by atoms with Crippen LogP contribution in [0.1, 0.15) is 36.2 Å². The third-order valence-electron chi connectivity index (χ3n) is 2.45. The van der Waals surface area contributed by atoms with Gasteiger partial charge >= 0.3 is 5.97 Å². The van der Waals surface area contributed by atoms with Crippen molar-refractivity contribution in [2.75, 3.05) is 0 Å². The molecule has 0 aliphatic heterocycles. The van der Waals surface area contributed by atoms with Crippen LogP contribution in [-0.4, -0.2) is 35.8 Å². The van der Waals surface area contributed by atoms with Crippen LogP contribution in [0.5, 0.6) is 0 Å². The van der Waals surface area contributed by atoms with Gasteiger partial charge in [-0.1, -0.05) is 0 Å². The topological polar surface area (TPSA) is 96.7 Å². The molecule has 2 rings (SSSR count). The smallest absolute Gasteiger partial charge is 0.354 e. The monoisotopic (exact) mass is 235 g/mol. The fraction of sp³-hybridized carbons (Fsp3) is 0.400. The first-order valence-electron chi connectivity index (χ1n) is 5.21. The van der Waals surface area contributed by atoms with E-state index in [1.807, 2.05) is 25.3 Å². The predicted molar refractivity (Wildman–Crippen MR) is 59.7 cm³/mol. The SMILES string of the molecule is Cc1nnc(-c2nc[nH]c2C(=O)O)n1C(C)C. The number of nitrogens with one attached hydrogen (secondary N) is 1. The van der Waals surface area contributed by atoms with Gasteiger partial charge in [-0.2, -0.15) is 0 Å². The van der Waals surface area contributed by atoms with Crippen molar-refractivity contribution < 1.29 is 9.90 Å². The molecule has 2 heterocycles. The van der Waals surface area contributed by atoms with Crippen molar-refractivity contribution in [3.05, 3.63) is 17.8 Å². The average molecular weight is 235 g/mol. The summed E-state index contributed by atoms with van der Waals surface area (Å²) in [6.45, 7) is 5.78. The van der Waals surface area contributed by atoms with Crippen LogP contribution in [0.25, 0.3) is 11.5 Å². The Balaban J connectivity index is 2.61. The minimum absolute atomic E-state index is 0.0271. The molecular weight excluding hydrogens is 222 g/mol. The molecule has 0 aromatic carbocycles. The largest absolute Gasteiger partial charge is 0.477 e. The molecule has 0 amide bonds. The molecule has 0 spiro atoms. The number of aromatic carboxylic acids is 1. The van der Waals surface area contributed by atoms with Crippen LogP contribution in [0.15, 0.2) is 6.33 Å². The lowest BCUT2D eigenvalue weighted by atomic mass is 10.3. The number of H-pyrrole nitrogens is 1. The van der Waals surface area contributed by atoms with E-state index in [1.54, 1.807) is 0 Å². The second kappa shape index (κ2) is 4.00. The van der Waals surface area contributed by atoms with Crippen LogP contribution in [0.2, 0.25) is 0 Å². The summed E-state index contributed by atoms with van der Waals surface area (Å²) in [6.07, 6.45) is 1.34. The highest BCUT2D eigenvalue weighted by Crippen LogP contribution is 2.22. The van der Waals surface area contributed by atoms with Gasteiger partial charge in [0.25, 0.3) is 0 Å². The summed E-state index contributed by atoms with van der Waals surface area (Å²) in [4.78, 5) is 17.6. The Kier molecular flexibility index (Phi) is 2.66. The molecule has 2 N–H and O–H groups in total. The molecule has 2 aromatic rings. The van der Waals surface area contributed by atoms with Crippen LogP contribution in [0.4, 0.5) is 0 Å². The molecule has 0 aliphatic carbocycles. The molecule has 0 radical (unpaired) electrons. The Morgan fingerprint density at radius 3 is 2.76 bits per heavy atom. The quantitative estimate of drug-likeness (QED) is 0.834. The number of rotatable bonds is 3. The number of carbonyl (C=O) groups is 1. The number of aromatic amines is 1. The fourth-order valence-electron chi connectivity index (χ4n) is 1.78. The lowest BCUT2D eigenvalue weighted by Crippen LogP contribution is -2.08. The van der Waals surface area contributed by atoms with Gasteiger partial charge in [0.1, 0.15) is 11.5 Å². The fourth-order valence-corrected chi connectivity index (χ4v) is 1.78. The third-order valence-corrected chi connectivity index (χ3v) is 2.45.